The van der Waals surface area contributed by atoms with Crippen LogP contribution in [0.1, 0.15) is 34.6 Å². The standard InChI is InChI=1S/C10H18O3/c1-6(2)7-8(11)13-9(12-7)10(3,4)5/h6-7,9H,1-5H3/t7-,9-/m1/s1. The maximum absolute atomic E-state index is 11.3. The first-order valence-corrected chi connectivity index (χ1v) is 4.68. The number of esters is 1. The monoisotopic (exact) mass is 186 g/mol. The van der Waals surface area contributed by atoms with Gasteiger partial charge in [0, 0.05) is 5.41 Å². The van der Waals surface area contributed by atoms with Crippen molar-refractivity contribution in [2.24, 2.45) is 11.3 Å². The average Bonchev–Trinajstić information content (AvgIpc) is 2.29. The van der Waals surface area contributed by atoms with Gasteiger partial charge in [0.25, 0.3) is 0 Å². The minimum absolute atomic E-state index is 0.140. The number of carbonyl (C=O) groups is 1. The molecule has 0 aliphatic carbocycles. The molecular weight excluding hydrogens is 168 g/mol. The molecule has 0 radical (unpaired) electrons. The molecule has 0 bridgehead atoms. The van der Waals surface area contributed by atoms with Crippen LogP contribution in [-0.2, 0) is 14.3 Å². The lowest BCUT2D eigenvalue weighted by Crippen LogP contribution is -2.28. The summed E-state index contributed by atoms with van der Waals surface area (Å²) in [4.78, 5) is 11.3. The van der Waals surface area contributed by atoms with Crippen molar-refractivity contribution in [3.05, 3.63) is 0 Å². The van der Waals surface area contributed by atoms with Crippen LogP contribution in [0.2, 0.25) is 0 Å². The molecule has 76 valence electrons. The fraction of sp³-hybridized carbons (Fsp3) is 0.900. The lowest BCUT2D eigenvalue weighted by atomic mass is 9.96. The van der Waals surface area contributed by atoms with Gasteiger partial charge in [-0.25, -0.2) is 4.79 Å². The molecule has 1 fully saturated rings. The minimum atomic E-state index is -0.396. The molecule has 3 heteroatoms. The van der Waals surface area contributed by atoms with Gasteiger partial charge in [-0.05, 0) is 5.92 Å². The molecule has 0 spiro atoms. The van der Waals surface area contributed by atoms with E-state index in [1.54, 1.807) is 0 Å². The second kappa shape index (κ2) is 3.29. The van der Waals surface area contributed by atoms with Crippen LogP contribution in [0.25, 0.3) is 0 Å². The molecule has 1 rings (SSSR count). The van der Waals surface area contributed by atoms with E-state index in [2.05, 4.69) is 0 Å². The Morgan fingerprint density at radius 3 is 2.08 bits per heavy atom. The Bertz CT molecular complexity index is 203. The summed E-state index contributed by atoms with van der Waals surface area (Å²) in [6, 6.07) is 0. The van der Waals surface area contributed by atoms with Crippen LogP contribution in [0.5, 0.6) is 0 Å². The summed E-state index contributed by atoms with van der Waals surface area (Å²) in [7, 11) is 0. The van der Waals surface area contributed by atoms with E-state index in [9.17, 15) is 4.79 Å². The largest absolute Gasteiger partial charge is 0.433 e. The first kappa shape index (κ1) is 10.5. The second-order valence-corrected chi connectivity index (χ2v) is 4.94. The fourth-order valence-electron chi connectivity index (χ4n) is 1.20. The van der Waals surface area contributed by atoms with E-state index < -0.39 is 6.29 Å². The van der Waals surface area contributed by atoms with Crippen molar-refractivity contribution >= 4 is 5.97 Å². The van der Waals surface area contributed by atoms with Crippen molar-refractivity contribution in [3.63, 3.8) is 0 Å². The number of rotatable bonds is 1. The van der Waals surface area contributed by atoms with E-state index >= 15 is 0 Å². The van der Waals surface area contributed by atoms with Gasteiger partial charge in [-0.2, -0.15) is 0 Å². The molecule has 0 aromatic rings. The molecule has 0 aromatic carbocycles. The van der Waals surface area contributed by atoms with Crippen LogP contribution in [0.15, 0.2) is 0 Å². The SMILES string of the molecule is CC(C)[C@H]1O[C@@H](C(C)(C)C)OC1=O. The van der Waals surface area contributed by atoms with Crippen LogP contribution in [0.4, 0.5) is 0 Å². The molecule has 0 N–H and O–H groups in total. The minimum Gasteiger partial charge on any atom is -0.433 e. The van der Waals surface area contributed by atoms with E-state index in [1.807, 2.05) is 34.6 Å². The van der Waals surface area contributed by atoms with Gasteiger partial charge in [0.05, 0.1) is 0 Å². The lowest BCUT2D eigenvalue weighted by Gasteiger charge is -2.24. The summed E-state index contributed by atoms with van der Waals surface area (Å²) in [6.07, 6.45) is -0.781. The summed E-state index contributed by atoms with van der Waals surface area (Å²) in [5.41, 5.74) is -0.140. The number of carbonyl (C=O) groups excluding carboxylic acids is 1. The van der Waals surface area contributed by atoms with E-state index in [4.69, 9.17) is 9.47 Å². The molecule has 0 unspecified atom stereocenters. The van der Waals surface area contributed by atoms with Gasteiger partial charge >= 0.3 is 5.97 Å². The van der Waals surface area contributed by atoms with Crippen molar-refractivity contribution < 1.29 is 14.3 Å². The van der Waals surface area contributed by atoms with Crippen molar-refractivity contribution in [2.75, 3.05) is 0 Å². The molecule has 13 heavy (non-hydrogen) atoms. The third-order valence-electron chi connectivity index (χ3n) is 2.04. The number of hydrogen-bond donors (Lipinski definition) is 0. The van der Waals surface area contributed by atoms with Gasteiger partial charge in [-0.3, -0.25) is 0 Å². The van der Waals surface area contributed by atoms with Crippen LogP contribution in [0, 0.1) is 11.3 Å². The molecule has 3 nitrogen and oxygen atoms in total. The molecule has 0 saturated carbocycles. The Hall–Kier alpha value is -0.570. The zero-order chi connectivity index (χ0) is 10.2. The van der Waals surface area contributed by atoms with Crippen molar-refractivity contribution in [3.8, 4) is 0 Å². The summed E-state index contributed by atoms with van der Waals surface area (Å²) >= 11 is 0. The predicted octanol–water partition coefficient (Wildman–Crippen LogP) is 1.96. The summed E-state index contributed by atoms with van der Waals surface area (Å²) in [5.74, 6) is -0.0465. The third kappa shape index (κ3) is 2.21. The molecule has 1 aliphatic heterocycles. The maximum Gasteiger partial charge on any atom is 0.338 e. The zero-order valence-electron chi connectivity index (χ0n) is 8.96. The molecule has 2 atom stereocenters. The summed E-state index contributed by atoms with van der Waals surface area (Å²) < 4.78 is 10.7. The molecule has 0 aromatic heterocycles. The zero-order valence-corrected chi connectivity index (χ0v) is 8.96. The topological polar surface area (TPSA) is 35.5 Å². The molecule has 1 saturated heterocycles. The van der Waals surface area contributed by atoms with Crippen LogP contribution in [0.3, 0.4) is 0 Å². The highest BCUT2D eigenvalue weighted by Crippen LogP contribution is 2.31. The van der Waals surface area contributed by atoms with Gasteiger partial charge < -0.3 is 9.47 Å². The number of ether oxygens (including phenoxy) is 2. The highest BCUT2D eigenvalue weighted by atomic mass is 16.8. The molecule has 1 heterocycles. The van der Waals surface area contributed by atoms with Crippen molar-refractivity contribution in [2.45, 2.75) is 47.0 Å². The Labute approximate surface area is 79.4 Å². The number of hydrogen-bond acceptors (Lipinski definition) is 3. The van der Waals surface area contributed by atoms with E-state index in [1.165, 1.54) is 0 Å². The second-order valence-electron chi connectivity index (χ2n) is 4.94. The van der Waals surface area contributed by atoms with Crippen LogP contribution in [-0.4, -0.2) is 18.4 Å². The average molecular weight is 186 g/mol. The Balaban J connectivity index is 2.66. The van der Waals surface area contributed by atoms with E-state index in [-0.39, 0.29) is 23.4 Å². The third-order valence-corrected chi connectivity index (χ3v) is 2.04. The van der Waals surface area contributed by atoms with E-state index in [0.29, 0.717) is 0 Å². The highest BCUT2D eigenvalue weighted by molar-refractivity contribution is 5.76. The summed E-state index contributed by atoms with van der Waals surface area (Å²) in [5, 5.41) is 0. The predicted molar refractivity (Wildman–Crippen MR) is 49.0 cm³/mol. The van der Waals surface area contributed by atoms with Crippen LogP contribution >= 0.6 is 0 Å². The summed E-state index contributed by atoms with van der Waals surface area (Å²) in [6.45, 7) is 9.89. The molecular formula is C10H18O3. The van der Waals surface area contributed by atoms with E-state index in [0.717, 1.165) is 0 Å². The normalized spacial score (nSPS) is 29.5. The number of cyclic esters (lactones) is 1. The fourth-order valence-corrected chi connectivity index (χ4v) is 1.20. The maximum atomic E-state index is 11.3. The Morgan fingerprint density at radius 2 is 1.85 bits per heavy atom. The molecule has 1 aliphatic rings. The Kier molecular flexibility index (Phi) is 2.66. The quantitative estimate of drug-likeness (QED) is 0.587. The first-order valence-electron chi connectivity index (χ1n) is 4.68. The van der Waals surface area contributed by atoms with Gasteiger partial charge in [-0.1, -0.05) is 34.6 Å². The smallest absolute Gasteiger partial charge is 0.338 e. The van der Waals surface area contributed by atoms with Crippen molar-refractivity contribution in [1.82, 2.24) is 0 Å². The van der Waals surface area contributed by atoms with Crippen molar-refractivity contribution in [1.29, 1.82) is 0 Å². The molecule has 0 amide bonds. The van der Waals surface area contributed by atoms with Gasteiger partial charge in [0.2, 0.25) is 6.29 Å². The van der Waals surface area contributed by atoms with Gasteiger partial charge in [0.15, 0.2) is 6.10 Å². The van der Waals surface area contributed by atoms with Gasteiger partial charge in [-0.15, -0.1) is 0 Å². The first-order chi connectivity index (χ1) is 5.82. The van der Waals surface area contributed by atoms with Crippen LogP contribution < -0.4 is 0 Å². The lowest BCUT2D eigenvalue weighted by molar-refractivity contribution is -0.154. The highest BCUT2D eigenvalue weighted by Gasteiger charge is 2.42. The van der Waals surface area contributed by atoms with Gasteiger partial charge in [0.1, 0.15) is 0 Å². The Morgan fingerprint density at radius 1 is 1.31 bits per heavy atom.